The van der Waals surface area contributed by atoms with E-state index in [1.165, 1.54) is 38.6 Å². The van der Waals surface area contributed by atoms with E-state index < -0.39 is 0 Å². The second-order valence-corrected chi connectivity index (χ2v) is 8.32. The van der Waals surface area contributed by atoms with Gasteiger partial charge in [-0.15, -0.1) is 0 Å². The van der Waals surface area contributed by atoms with Crippen molar-refractivity contribution in [2.45, 2.75) is 33.1 Å². The molecule has 0 saturated carbocycles. The van der Waals surface area contributed by atoms with Crippen LogP contribution in [0.25, 0.3) is 0 Å². The number of ether oxygens (including phenoxy) is 2. The third-order valence-electron chi connectivity index (χ3n) is 6.27. The number of methoxy groups -OCH3 is 1. The summed E-state index contributed by atoms with van der Waals surface area (Å²) in [7, 11) is 1.74. The first-order chi connectivity index (χ1) is 12.9. The lowest BCUT2D eigenvalue weighted by atomic mass is 9.30. The first-order valence-electron chi connectivity index (χ1n) is 9.52. The van der Waals surface area contributed by atoms with Gasteiger partial charge in [0, 0.05) is 5.41 Å². The minimum Gasteiger partial charge on any atom is -0.497 e. The lowest BCUT2D eigenvalue weighted by molar-refractivity contribution is 0.414. The number of fused-ring (bicyclic) bond motifs is 4. The van der Waals surface area contributed by atoms with Crippen LogP contribution >= 0.6 is 0 Å². The molecule has 5 rings (SSSR count). The van der Waals surface area contributed by atoms with Crippen molar-refractivity contribution in [2.24, 2.45) is 0 Å². The first kappa shape index (κ1) is 16.5. The van der Waals surface area contributed by atoms with Crippen LogP contribution in [-0.2, 0) is 5.41 Å². The lowest BCUT2D eigenvalue weighted by Gasteiger charge is -2.42. The molecule has 2 nitrogen and oxygen atoms in total. The van der Waals surface area contributed by atoms with Gasteiger partial charge in [0.2, 0.25) is 0 Å². The molecule has 2 aliphatic rings. The van der Waals surface area contributed by atoms with E-state index in [-0.39, 0.29) is 12.1 Å². The third-order valence-corrected chi connectivity index (χ3v) is 6.27. The Labute approximate surface area is 161 Å². The maximum absolute atomic E-state index is 6.37. The molecule has 27 heavy (non-hydrogen) atoms. The van der Waals surface area contributed by atoms with Gasteiger partial charge in [-0.3, -0.25) is 0 Å². The van der Waals surface area contributed by atoms with E-state index >= 15 is 0 Å². The Balaban J connectivity index is 1.92. The molecule has 0 bridgehead atoms. The van der Waals surface area contributed by atoms with Gasteiger partial charge in [-0.1, -0.05) is 49.1 Å². The molecule has 0 radical (unpaired) electrons. The summed E-state index contributed by atoms with van der Waals surface area (Å²) in [6, 6.07) is 17.4. The van der Waals surface area contributed by atoms with E-state index in [4.69, 9.17) is 9.47 Å². The van der Waals surface area contributed by atoms with Gasteiger partial charge < -0.3 is 9.47 Å². The molecule has 0 aromatic heterocycles. The molecule has 0 unspecified atom stereocenters. The maximum atomic E-state index is 6.37. The van der Waals surface area contributed by atoms with Crippen molar-refractivity contribution in [1.82, 2.24) is 0 Å². The quantitative estimate of drug-likeness (QED) is 0.487. The van der Waals surface area contributed by atoms with Gasteiger partial charge in [-0.05, 0) is 65.7 Å². The Kier molecular flexibility index (Phi) is 3.31. The van der Waals surface area contributed by atoms with Crippen LogP contribution in [0.15, 0.2) is 48.5 Å². The number of rotatable bonds is 1. The van der Waals surface area contributed by atoms with E-state index in [0.29, 0.717) is 0 Å². The van der Waals surface area contributed by atoms with E-state index in [0.717, 1.165) is 17.2 Å². The molecule has 3 aromatic rings. The van der Waals surface area contributed by atoms with Crippen LogP contribution in [0.4, 0.5) is 0 Å². The molecule has 0 saturated heterocycles. The first-order valence-corrected chi connectivity index (χ1v) is 9.52. The normalized spacial score (nSPS) is 15.4. The van der Waals surface area contributed by atoms with E-state index in [1.807, 2.05) is 0 Å². The summed E-state index contributed by atoms with van der Waals surface area (Å²) in [5, 5.41) is 0. The van der Waals surface area contributed by atoms with E-state index in [1.54, 1.807) is 7.11 Å². The van der Waals surface area contributed by atoms with Gasteiger partial charge in [0.25, 0.3) is 6.71 Å². The molecule has 3 heteroatoms. The molecule has 3 aromatic carbocycles. The Hall–Kier alpha value is -2.68. The van der Waals surface area contributed by atoms with Crippen molar-refractivity contribution in [3.8, 4) is 17.2 Å². The van der Waals surface area contributed by atoms with Crippen LogP contribution in [0.2, 0.25) is 0 Å². The summed E-state index contributed by atoms with van der Waals surface area (Å²) < 4.78 is 11.9. The molecule has 2 aliphatic heterocycles. The summed E-state index contributed by atoms with van der Waals surface area (Å²) in [6.45, 7) is 9.18. The highest BCUT2D eigenvalue weighted by molar-refractivity contribution is 6.98. The average molecular weight is 354 g/mol. The zero-order valence-corrected chi connectivity index (χ0v) is 16.5. The van der Waals surface area contributed by atoms with Gasteiger partial charge in [0.05, 0.1) is 7.11 Å². The highest BCUT2D eigenvalue weighted by atomic mass is 16.5. The van der Waals surface area contributed by atoms with Gasteiger partial charge in [-0.2, -0.15) is 0 Å². The Morgan fingerprint density at radius 1 is 0.889 bits per heavy atom. The third kappa shape index (κ3) is 2.14. The van der Waals surface area contributed by atoms with Crippen molar-refractivity contribution < 1.29 is 9.47 Å². The highest BCUT2D eigenvalue weighted by Crippen LogP contribution is 2.40. The van der Waals surface area contributed by atoms with Crippen molar-refractivity contribution in [3.63, 3.8) is 0 Å². The van der Waals surface area contributed by atoms with Crippen LogP contribution in [-0.4, -0.2) is 13.8 Å². The summed E-state index contributed by atoms with van der Waals surface area (Å²) in [4.78, 5) is 0. The number of benzene rings is 3. The summed E-state index contributed by atoms with van der Waals surface area (Å²) in [6.07, 6.45) is 0. The van der Waals surface area contributed by atoms with Crippen LogP contribution in [0.1, 0.15) is 36.1 Å². The Morgan fingerprint density at radius 2 is 1.67 bits per heavy atom. The lowest BCUT2D eigenvalue weighted by Crippen LogP contribution is -2.62. The Morgan fingerprint density at radius 3 is 2.44 bits per heavy atom. The standard InChI is InChI=1S/C24H23BO2/c1-14-6-10-20-19(12-14)25-18-13-16(26-5)8-9-17(18)24(3,4)22-15(2)7-11-21(27-20)23(22)25/h6-13H,1-5H3. The van der Waals surface area contributed by atoms with Gasteiger partial charge in [-0.25, -0.2) is 0 Å². The second kappa shape index (κ2) is 5.42. The van der Waals surface area contributed by atoms with E-state index in [9.17, 15) is 0 Å². The number of hydrogen-bond donors (Lipinski definition) is 0. The van der Waals surface area contributed by atoms with Crippen molar-refractivity contribution in [2.75, 3.05) is 7.11 Å². The minimum absolute atomic E-state index is 0.0851. The minimum atomic E-state index is -0.0851. The monoisotopic (exact) mass is 354 g/mol. The molecule has 134 valence electrons. The van der Waals surface area contributed by atoms with Gasteiger partial charge >= 0.3 is 0 Å². The number of aryl methyl sites for hydroxylation is 2. The summed E-state index contributed by atoms with van der Waals surface area (Å²) in [5.74, 6) is 2.85. The van der Waals surface area contributed by atoms with Crippen LogP contribution < -0.4 is 25.9 Å². The predicted octanol–water partition coefficient (Wildman–Crippen LogP) is 3.57. The van der Waals surface area contributed by atoms with Gasteiger partial charge in [0.1, 0.15) is 17.2 Å². The topological polar surface area (TPSA) is 18.5 Å². The van der Waals surface area contributed by atoms with Gasteiger partial charge in [0.15, 0.2) is 0 Å². The molecular formula is C24H23BO2. The molecule has 0 fully saturated rings. The average Bonchev–Trinajstić information content (AvgIpc) is 2.65. The smallest absolute Gasteiger partial charge is 0.251 e. The van der Waals surface area contributed by atoms with Crippen molar-refractivity contribution >= 4 is 23.1 Å². The Bertz CT molecular complexity index is 1100. The zero-order valence-electron chi connectivity index (χ0n) is 16.5. The largest absolute Gasteiger partial charge is 0.497 e. The molecule has 0 N–H and O–H groups in total. The van der Waals surface area contributed by atoms with Crippen molar-refractivity contribution in [1.29, 1.82) is 0 Å². The molecule has 0 amide bonds. The fourth-order valence-corrected chi connectivity index (χ4v) is 5.11. The molecule has 2 heterocycles. The van der Waals surface area contributed by atoms with Crippen molar-refractivity contribution in [3.05, 3.63) is 70.8 Å². The predicted molar refractivity (Wildman–Crippen MR) is 112 cm³/mol. The summed E-state index contributed by atoms with van der Waals surface area (Å²) in [5.41, 5.74) is 9.16. The number of hydrogen-bond acceptors (Lipinski definition) is 2. The maximum Gasteiger partial charge on any atom is 0.251 e. The molecule has 0 atom stereocenters. The highest BCUT2D eigenvalue weighted by Gasteiger charge is 2.45. The molecule has 0 aliphatic carbocycles. The zero-order chi connectivity index (χ0) is 18.9. The second-order valence-electron chi connectivity index (χ2n) is 8.32. The molecular weight excluding hydrogens is 331 g/mol. The van der Waals surface area contributed by atoms with Crippen LogP contribution in [0.3, 0.4) is 0 Å². The van der Waals surface area contributed by atoms with E-state index in [2.05, 4.69) is 76.2 Å². The SMILES string of the molecule is COc1ccc2c(c1)B1c3cc(C)ccc3Oc3ccc(C)c(c31)C2(C)C. The molecule has 0 spiro atoms. The van der Waals surface area contributed by atoms with Crippen LogP contribution in [0, 0.1) is 13.8 Å². The summed E-state index contributed by atoms with van der Waals surface area (Å²) >= 11 is 0. The fraction of sp³-hybridized carbons (Fsp3) is 0.250. The van der Waals surface area contributed by atoms with Crippen LogP contribution in [0.5, 0.6) is 17.2 Å². The fourth-order valence-electron chi connectivity index (χ4n) is 5.11.